The minimum absolute atomic E-state index is 0.313. The maximum atomic E-state index is 12.4. The summed E-state index contributed by atoms with van der Waals surface area (Å²) in [6, 6.07) is -0.709. The van der Waals surface area contributed by atoms with Crippen molar-refractivity contribution in [1.82, 2.24) is 5.32 Å². The fraction of sp³-hybridized carbons (Fsp3) is 0.923. The molecule has 0 fully saturated rings. The van der Waals surface area contributed by atoms with Gasteiger partial charge >= 0.3 is 0 Å². The van der Waals surface area contributed by atoms with Crippen LogP contribution in [-0.2, 0) is 4.79 Å². The second-order valence-electron chi connectivity index (χ2n) is 13.5. The molecule has 4 N–H and O–H groups in total. The maximum absolute atomic E-state index is 12.4. The van der Waals surface area contributed by atoms with Gasteiger partial charge in [0.05, 0.1) is 18.8 Å². The molecule has 3 atom stereocenters. The molecule has 0 rings (SSSR count). The molecule has 44 heavy (non-hydrogen) atoms. The van der Waals surface area contributed by atoms with Gasteiger partial charge in [0.15, 0.2) is 0 Å². The van der Waals surface area contributed by atoms with Crippen molar-refractivity contribution in [3.8, 4) is 0 Å². The molecule has 0 saturated heterocycles. The van der Waals surface area contributed by atoms with Crippen LogP contribution in [0, 0.1) is 0 Å². The normalized spacial score (nSPS) is 13.8. The summed E-state index contributed by atoms with van der Waals surface area (Å²) in [5, 5.41) is 33.1. The van der Waals surface area contributed by atoms with Crippen molar-refractivity contribution in [3.63, 3.8) is 0 Å². The molecule has 262 valence electrons. The van der Waals surface area contributed by atoms with E-state index in [1.54, 1.807) is 0 Å². The maximum Gasteiger partial charge on any atom is 0.249 e. The van der Waals surface area contributed by atoms with Crippen molar-refractivity contribution in [2.24, 2.45) is 0 Å². The highest BCUT2D eigenvalue weighted by atomic mass is 16.3. The fourth-order valence-corrected chi connectivity index (χ4v) is 6.01. The standard InChI is InChI=1S/C39H77NO4/c1-3-5-7-9-11-13-15-16-17-18-19-20-21-22-24-26-28-30-32-34-38(43)39(44)40-36(35-41)37(42)33-31-29-27-25-23-14-12-10-8-6-4-2/h19-20,36-38,41-43H,3-18,21-35H2,1-2H3,(H,40,44)/b20-19-. The van der Waals surface area contributed by atoms with E-state index in [0.717, 1.165) is 32.1 Å². The number of aliphatic hydroxyl groups excluding tert-OH is 3. The number of aliphatic hydroxyl groups is 3. The smallest absolute Gasteiger partial charge is 0.249 e. The number of unbranched alkanes of at least 4 members (excludes halogenated alkanes) is 25. The number of carbonyl (C=O) groups excluding carboxylic acids is 1. The zero-order valence-corrected chi connectivity index (χ0v) is 29.6. The van der Waals surface area contributed by atoms with E-state index in [0.29, 0.717) is 12.8 Å². The Hall–Kier alpha value is -0.910. The Morgan fingerprint density at radius 3 is 1.25 bits per heavy atom. The van der Waals surface area contributed by atoms with E-state index in [-0.39, 0.29) is 6.61 Å². The lowest BCUT2D eigenvalue weighted by Gasteiger charge is -2.23. The second-order valence-corrected chi connectivity index (χ2v) is 13.5. The molecule has 5 nitrogen and oxygen atoms in total. The average Bonchev–Trinajstić information content (AvgIpc) is 3.03. The van der Waals surface area contributed by atoms with Gasteiger partial charge in [-0.1, -0.05) is 180 Å². The zero-order valence-electron chi connectivity index (χ0n) is 29.6. The number of rotatable bonds is 35. The molecule has 0 radical (unpaired) electrons. The number of nitrogens with one attached hydrogen (secondary N) is 1. The van der Waals surface area contributed by atoms with Crippen molar-refractivity contribution in [3.05, 3.63) is 12.2 Å². The van der Waals surface area contributed by atoms with Crippen LogP contribution in [0.3, 0.4) is 0 Å². The Kier molecular flexibility index (Phi) is 34.2. The number of carbonyl (C=O) groups is 1. The Labute approximate surface area is 274 Å². The van der Waals surface area contributed by atoms with Crippen LogP contribution in [0.1, 0.15) is 206 Å². The summed E-state index contributed by atoms with van der Waals surface area (Å²) in [7, 11) is 0. The van der Waals surface area contributed by atoms with Gasteiger partial charge in [-0.05, 0) is 38.5 Å². The molecule has 3 unspecified atom stereocenters. The van der Waals surface area contributed by atoms with Crippen LogP contribution < -0.4 is 5.32 Å². The lowest BCUT2D eigenvalue weighted by atomic mass is 10.0. The molecule has 5 heteroatoms. The molecule has 0 aromatic heterocycles. The van der Waals surface area contributed by atoms with Crippen molar-refractivity contribution >= 4 is 5.91 Å². The highest BCUT2D eigenvalue weighted by molar-refractivity contribution is 5.80. The third-order valence-electron chi connectivity index (χ3n) is 9.13. The number of hydrogen-bond acceptors (Lipinski definition) is 4. The molecule has 1 amide bonds. The van der Waals surface area contributed by atoms with E-state index in [4.69, 9.17) is 0 Å². The predicted octanol–water partition coefficient (Wildman–Crippen LogP) is 10.5. The first-order valence-corrected chi connectivity index (χ1v) is 19.5. The van der Waals surface area contributed by atoms with E-state index in [2.05, 4.69) is 31.3 Å². The highest BCUT2D eigenvalue weighted by Gasteiger charge is 2.23. The minimum atomic E-state index is -1.07. The summed E-state index contributed by atoms with van der Waals surface area (Å²) in [5.74, 6) is -0.476. The van der Waals surface area contributed by atoms with Crippen LogP contribution >= 0.6 is 0 Å². The Bertz CT molecular complexity index is 611. The highest BCUT2D eigenvalue weighted by Crippen LogP contribution is 2.15. The second kappa shape index (κ2) is 35.0. The van der Waals surface area contributed by atoms with Crippen LogP contribution in [0.2, 0.25) is 0 Å². The summed E-state index contributed by atoms with van der Waals surface area (Å²) >= 11 is 0. The fourth-order valence-electron chi connectivity index (χ4n) is 6.01. The zero-order chi connectivity index (χ0) is 32.4. The van der Waals surface area contributed by atoms with E-state index in [9.17, 15) is 20.1 Å². The summed E-state index contributed by atoms with van der Waals surface area (Å²) in [6.45, 7) is 4.21. The van der Waals surface area contributed by atoms with Gasteiger partial charge in [0, 0.05) is 0 Å². The molecule has 0 saturated carbocycles. The van der Waals surface area contributed by atoms with Gasteiger partial charge in [-0.2, -0.15) is 0 Å². The summed E-state index contributed by atoms with van der Waals surface area (Å²) in [4.78, 5) is 12.4. The average molecular weight is 624 g/mol. The minimum Gasteiger partial charge on any atom is -0.394 e. The number of amides is 1. The molecule has 0 aromatic carbocycles. The third kappa shape index (κ3) is 29.8. The largest absolute Gasteiger partial charge is 0.394 e. The van der Waals surface area contributed by atoms with Gasteiger partial charge in [-0.3, -0.25) is 4.79 Å². The van der Waals surface area contributed by atoms with Crippen LogP contribution in [0.4, 0.5) is 0 Å². The predicted molar refractivity (Wildman–Crippen MR) is 190 cm³/mol. The monoisotopic (exact) mass is 624 g/mol. The van der Waals surface area contributed by atoms with Gasteiger partial charge in [-0.15, -0.1) is 0 Å². The third-order valence-corrected chi connectivity index (χ3v) is 9.13. The first kappa shape index (κ1) is 43.1. The molecular formula is C39H77NO4. The van der Waals surface area contributed by atoms with Crippen molar-refractivity contribution in [2.45, 2.75) is 225 Å². The van der Waals surface area contributed by atoms with Gasteiger partial charge in [0.2, 0.25) is 5.91 Å². The molecule has 0 aliphatic rings. The van der Waals surface area contributed by atoms with Crippen LogP contribution in [0.25, 0.3) is 0 Å². The van der Waals surface area contributed by atoms with E-state index in [1.165, 1.54) is 148 Å². The summed E-state index contributed by atoms with van der Waals surface area (Å²) in [6.07, 6.45) is 39.1. The van der Waals surface area contributed by atoms with Gasteiger partial charge in [0.25, 0.3) is 0 Å². The topological polar surface area (TPSA) is 89.8 Å². The molecule has 0 heterocycles. The van der Waals surface area contributed by atoms with E-state index < -0.39 is 24.2 Å². The van der Waals surface area contributed by atoms with Crippen molar-refractivity contribution < 1.29 is 20.1 Å². The van der Waals surface area contributed by atoms with Crippen LogP contribution in [-0.4, -0.2) is 46.1 Å². The molecule has 0 spiro atoms. The Morgan fingerprint density at radius 1 is 0.523 bits per heavy atom. The van der Waals surface area contributed by atoms with Gasteiger partial charge in [0.1, 0.15) is 6.10 Å². The van der Waals surface area contributed by atoms with Crippen molar-refractivity contribution in [2.75, 3.05) is 6.61 Å². The number of allylic oxidation sites excluding steroid dienone is 2. The first-order chi connectivity index (χ1) is 21.6. The van der Waals surface area contributed by atoms with Crippen molar-refractivity contribution in [1.29, 1.82) is 0 Å². The lowest BCUT2D eigenvalue weighted by Crippen LogP contribution is -2.49. The lowest BCUT2D eigenvalue weighted by molar-refractivity contribution is -0.131. The molecule has 0 aromatic rings. The van der Waals surface area contributed by atoms with E-state index >= 15 is 0 Å². The Morgan fingerprint density at radius 2 is 0.864 bits per heavy atom. The summed E-state index contributed by atoms with van der Waals surface area (Å²) < 4.78 is 0. The quantitative estimate of drug-likeness (QED) is 0.0418. The first-order valence-electron chi connectivity index (χ1n) is 19.5. The van der Waals surface area contributed by atoms with Gasteiger partial charge in [-0.25, -0.2) is 0 Å². The molecular weight excluding hydrogens is 546 g/mol. The van der Waals surface area contributed by atoms with E-state index in [1.807, 2.05) is 0 Å². The molecule has 0 bridgehead atoms. The van der Waals surface area contributed by atoms with Crippen LogP contribution in [0.5, 0.6) is 0 Å². The SMILES string of the molecule is CCCCCCCCCCC/C=C\CCCCCCCCC(O)C(=O)NC(CO)C(O)CCCCCCCCCCCCC. The van der Waals surface area contributed by atoms with Crippen LogP contribution in [0.15, 0.2) is 12.2 Å². The summed E-state index contributed by atoms with van der Waals surface area (Å²) in [5.41, 5.74) is 0. The Balaban J connectivity index is 3.65. The number of hydrogen-bond donors (Lipinski definition) is 4. The molecule has 0 aliphatic heterocycles. The molecule has 0 aliphatic carbocycles. The van der Waals surface area contributed by atoms with Gasteiger partial charge < -0.3 is 20.6 Å².